The molecule has 0 aromatic heterocycles. The van der Waals surface area contributed by atoms with Gasteiger partial charge in [0.25, 0.3) is 0 Å². The Bertz CT molecular complexity index is 775. The van der Waals surface area contributed by atoms with E-state index in [1.807, 2.05) is 20.8 Å². The molecule has 2 fully saturated rings. The first-order valence-corrected chi connectivity index (χ1v) is 16.3. The Morgan fingerprint density at radius 1 is 1.05 bits per heavy atom. The minimum absolute atomic E-state index is 0.0466. The SMILES string of the molecule is COC[C@H](O[Si](C(C)C)(C(C)C)C(C)C)[C@@]12C(=O)NCC[C@@H]1[C@H](CC(OC)OC)CN2C(=O)OC(C)(C)C. The van der Waals surface area contributed by atoms with Crippen molar-refractivity contribution in [2.75, 3.05) is 41.0 Å². The number of hydrogen-bond donors (Lipinski definition) is 1. The van der Waals surface area contributed by atoms with Crippen LogP contribution in [0, 0.1) is 11.8 Å². The maximum Gasteiger partial charge on any atom is 0.411 e. The summed E-state index contributed by atoms with van der Waals surface area (Å²) in [6.45, 7) is 19.9. The zero-order chi connectivity index (χ0) is 29.1. The van der Waals surface area contributed by atoms with Crippen molar-refractivity contribution >= 4 is 20.3 Å². The largest absolute Gasteiger partial charge is 0.444 e. The summed E-state index contributed by atoms with van der Waals surface area (Å²) in [5.74, 6) is -0.417. The topological polar surface area (TPSA) is 95.6 Å². The Hall–Kier alpha value is -1.20. The zero-order valence-electron chi connectivity index (χ0n) is 25.9. The summed E-state index contributed by atoms with van der Waals surface area (Å²) in [4.78, 5) is 29.8. The van der Waals surface area contributed by atoms with E-state index in [2.05, 4.69) is 46.9 Å². The molecule has 0 aromatic carbocycles. The molecule has 2 heterocycles. The molecule has 0 unspecified atom stereocenters. The number of ether oxygens (including phenoxy) is 4. The summed E-state index contributed by atoms with van der Waals surface area (Å²) < 4.78 is 30.1. The lowest BCUT2D eigenvalue weighted by atomic mass is 9.70. The Morgan fingerprint density at radius 2 is 1.61 bits per heavy atom. The van der Waals surface area contributed by atoms with Crippen LogP contribution in [0.1, 0.15) is 75.2 Å². The van der Waals surface area contributed by atoms with Crippen LogP contribution in [0.5, 0.6) is 0 Å². The van der Waals surface area contributed by atoms with Crippen molar-refractivity contribution in [3.63, 3.8) is 0 Å². The fourth-order valence-corrected chi connectivity index (χ4v) is 12.8. The lowest BCUT2D eigenvalue weighted by molar-refractivity contribution is -0.150. The maximum absolute atomic E-state index is 14.2. The van der Waals surface area contributed by atoms with Crippen molar-refractivity contribution < 1.29 is 33.0 Å². The van der Waals surface area contributed by atoms with Gasteiger partial charge in [0.2, 0.25) is 14.2 Å². The van der Waals surface area contributed by atoms with Crippen molar-refractivity contribution in [3.8, 4) is 0 Å². The molecule has 2 aliphatic rings. The Balaban J connectivity index is 2.77. The Labute approximate surface area is 231 Å². The molecule has 4 atom stereocenters. The van der Waals surface area contributed by atoms with Crippen LogP contribution in [0.2, 0.25) is 16.6 Å². The van der Waals surface area contributed by atoms with Gasteiger partial charge < -0.3 is 28.7 Å². The average Bonchev–Trinajstić information content (AvgIpc) is 3.14. The van der Waals surface area contributed by atoms with E-state index < -0.39 is 37.9 Å². The van der Waals surface area contributed by atoms with Gasteiger partial charge in [-0.2, -0.15) is 0 Å². The zero-order valence-corrected chi connectivity index (χ0v) is 26.9. The highest BCUT2D eigenvalue weighted by atomic mass is 28.4. The highest BCUT2D eigenvalue weighted by Crippen LogP contribution is 2.52. The number of carbonyl (C=O) groups is 2. The van der Waals surface area contributed by atoms with Gasteiger partial charge in [0.15, 0.2) is 11.8 Å². The third-order valence-electron chi connectivity index (χ3n) is 8.60. The number of hydrogen-bond acceptors (Lipinski definition) is 7. The van der Waals surface area contributed by atoms with Crippen molar-refractivity contribution in [2.45, 2.75) is 115 Å². The molecule has 2 amide bonds. The quantitative estimate of drug-likeness (QED) is 0.268. The number of rotatable bonds is 12. The van der Waals surface area contributed by atoms with Crippen LogP contribution in [-0.4, -0.2) is 89.8 Å². The molecule has 2 aliphatic heterocycles. The molecule has 2 saturated heterocycles. The second kappa shape index (κ2) is 13.0. The van der Waals surface area contributed by atoms with Gasteiger partial charge in [-0.3, -0.25) is 9.69 Å². The third-order valence-corrected chi connectivity index (χ3v) is 14.7. The predicted molar refractivity (Wildman–Crippen MR) is 150 cm³/mol. The minimum Gasteiger partial charge on any atom is -0.444 e. The summed E-state index contributed by atoms with van der Waals surface area (Å²) in [7, 11) is 2.38. The fraction of sp³-hybridized carbons (Fsp3) is 0.929. The van der Waals surface area contributed by atoms with Gasteiger partial charge in [0, 0.05) is 46.8 Å². The standard InChI is InChI=1S/C28H54N2O7Si/c1-18(2)38(19(3)4,20(5)6)37-23(17-33-10)28-22(13-14-29-25(28)31)21(15-24(34-11)35-12)16-30(28)26(32)36-27(7,8)9/h18-24H,13-17H2,1-12H3,(H,29,31)/t21-,22-,23+,28-/m1/s1. The monoisotopic (exact) mass is 558 g/mol. The molecule has 1 N–H and O–H groups in total. The number of amides is 2. The number of nitrogens with one attached hydrogen (secondary N) is 1. The molecule has 0 bridgehead atoms. The van der Waals surface area contributed by atoms with E-state index in [1.54, 1.807) is 26.2 Å². The van der Waals surface area contributed by atoms with E-state index in [9.17, 15) is 9.59 Å². The van der Waals surface area contributed by atoms with Gasteiger partial charge >= 0.3 is 6.09 Å². The summed E-state index contributed by atoms with van der Waals surface area (Å²) in [5, 5.41) is 3.09. The van der Waals surface area contributed by atoms with Crippen LogP contribution in [0.3, 0.4) is 0 Å². The van der Waals surface area contributed by atoms with Crippen LogP contribution < -0.4 is 5.32 Å². The van der Waals surface area contributed by atoms with E-state index in [4.69, 9.17) is 23.4 Å². The van der Waals surface area contributed by atoms with Gasteiger partial charge in [-0.05, 0) is 49.7 Å². The van der Waals surface area contributed by atoms with Crippen molar-refractivity contribution in [1.82, 2.24) is 10.2 Å². The molecular weight excluding hydrogens is 504 g/mol. The van der Waals surface area contributed by atoms with Gasteiger partial charge in [0.05, 0.1) is 6.61 Å². The van der Waals surface area contributed by atoms with Crippen molar-refractivity contribution in [2.24, 2.45) is 11.8 Å². The van der Waals surface area contributed by atoms with E-state index in [1.165, 1.54) is 0 Å². The number of nitrogens with zero attached hydrogens (tertiary/aromatic N) is 1. The molecule has 38 heavy (non-hydrogen) atoms. The smallest absolute Gasteiger partial charge is 0.411 e. The maximum atomic E-state index is 14.2. The predicted octanol–water partition coefficient (Wildman–Crippen LogP) is 4.94. The van der Waals surface area contributed by atoms with Gasteiger partial charge in [-0.1, -0.05) is 41.5 Å². The molecule has 0 saturated carbocycles. The number of likely N-dealkylation sites (tertiary alicyclic amines) is 1. The molecule has 9 nitrogen and oxygen atoms in total. The average molecular weight is 559 g/mol. The highest BCUT2D eigenvalue weighted by molar-refractivity contribution is 6.77. The molecule has 222 valence electrons. The molecule has 0 aliphatic carbocycles. The molecule has 0 spiro atoms. The first-order chi connectivity index (χ1) is 17.6. The summed E-state index contributed by atoms with van der Waals surface area (Å²) in [5.41, 5.74) is -1.11. The second-order valence-electron chi connectivity index (χ2n) is 12.8. The Kier molecular flexibility index (Phi) is 11.3. The van der Waals surface area contributed by atoms with Crippen molar-refractivity contribution in [3.05, 3.63) is 0 Å². The third kappa shape index (κ3) is 6.24. The summed E-state index contributed by atoms with van der Waals surface area (Å²) >= 11 is 0. The van der Waals surface area contributed by atoms with Crippen LogP contribution >= 0.6 is 0 Å². The number of fused-ring (bicyclic) bond motifs is 1. The lowest BCUT2D eigenvalue weighted by Gasteiger charge is -2.53. The summed E-state index contributed by atoms with van der Waals surface area (Å²) in [6.07, 6.45) is -0.355. The van der Waals surface area contributed by atoms with E-state index in [-0.39, 0.29) is 24.3 Å². The molecule has 0 aromatic rings. The fourth-order valence-electron chi connectivity index (χ4n) is 7.23. The molecule has 0 radical (unpaired) electrons. The van der Waals surface area contributed by atoms with Crippen LogP contribution in [0.4, 0.5) is 4.79 Å². The van der Waals surface area contributed by atoms with Crippen molar-refractivity contribution in [1.29, 1.82) is 0 Å². The highest BCUT2D eigenvalue weighted by Gasteiger charge is 2.67. The van der Waals surface area contributed by atoms with Gasteiger partial charge in [0.1, 0.15) is 11.7 Å². The normalized spacial score (nSPS) is 25.4. The first-order valence-electron chi connectivity index (χ1n) is 14.1. The minimum atomic E-state index is -2.47. The summed E-state index contributed by atoms with van der Waals surface area (Å²) in [6, 6.07) is 0. The van der Waals surface area contributed by atoms with Crippen LogP contribution in [0.25, 0.3) is 0 Å². The van der Waals surface area contributed by atoms with Crippen LogP contribution in [0.15, 0.2) is 0 Å². The van der Waals surface area contributed by atoms with Gasteiger partial charge in [-0.25, -0.2) is 4.79 Å². The van der Waals surface area contributed by atoms with E-state index >= 15 is 0 Å². The molecule has 2 rings (SSSR count). The number of methoxy groups -OCH3 is 3. The van der Waals surface area contributed by atoms with Gasteiger partial charge in [-0.15, -0.1) is 0 Å². The second-order valence-corrected chi connectivity index (χ2v) is 18.3. The van der Waals surface area contributed by atoms with E-state index in [0.717, 1.165) is 0 Å². The Morgan fingerprint density at radius 3 is 2.05 bits per heavy atom. The number of carbonyl (C=O) groups excluding carboxylic acids is 2. The number of piperidine rings is 1. The lowest BCUT2D eigenvalue weighted by Crippen LogP contribution is -2.73. The molecule has 10 heteroatoms. The van der Waals surface area contributed by atoms with Crippen LogP contribution in [-0.2, 0) is 28.2 Å². The van der Waals surface area contributed by atoms with E-state index in [0.29, 0.717) is 42.6 Å². The first kappa shape index (κ1) is 33.0. The molecular formula is C28H54N2O7Si.